The molecule has 20 heavy (non-hydrogen) atoms. The Kier molecular flexibility index (Phi) is 3.75. The van der Waals surface area contributed by atoms with E-state index < -0.39 is 10.0 Å². The molecule has 0 spiro atoms. The fraction of sp³-hybridized carbons (Fsp3) is 0.462. The second kappa shape index (κ2) is 5.06. The number of fused-ring (bicyclic) bond motifs is 1. The van der Waals surface area contributed by atoms with Crippen LogP contribution in [0.3, 0.4) is 0 Å². The second-order valence-corrected chi connectivity index (χ2v) is 6.77. The predicted octanol–water partition coefficient (Wildman–Crippen LogP) is 1.10. The number of anilines is 1. The van der Waals surface area contributed by atoms with Gasteiger partial charge in [-0.2, -0.15) is 0 Å². The Morgan fingerprint density at radius 3 is 2.65 bits per heavy atom. The highest BCUT2D eigenvalue weighted by Crippen LogP contribution is 2.35. The molecule has 1 aliphatic heterocycles. The number of nitrogens with zero attached hydrogens (tertiary/aromatic N) is 1. The number of amides is 1. The minimum Gasteiger partial charge on any atom is -0.487 e. The number of benzene rings is 1. The fourth-order valence-electron chi connectivity index (χ4n) is 2.11. The number of hydrogen-bond donors (Lipinski definition) is 1. The van der Waals surface area contributed by atoms with Crippen molar-refractivity contribution in [3.63, 3.8) is 0 Å². The minimum atomic E-state index is -3.81. The van der Waals surface area contributed by atoms with Gasteiger partial charge in [0.25, 0.3) is 0 Å². The number of carbonyl (C=O) groups is 1. The molecule has 1 amide bonds. The van der Waals surface area contributed by atoms with E-state index in [1.807, 2.05) is 6.92 Å². The number of rotatable bonds is 2. The zero-order valence-corrected chi connectivity index (χ0v) is 12.5. The van der Waals surface area contributed by atoms with Crippen molar-refractivity contribution in [1.29, 1.82) is 0 Å². The lowest BCUT2D eigenvalue weighted by atomic mass is 10.1. The van der Waals surface area contributed by atoms with Gasteiger partial charge in [0.1, 0.15) is 11.9 Å². The number of sulfonamides is 1. The topological polar surface area (TPSA) is 89.7 Å². The van der Waals surface area contributed by atoms with E-state index in [2.05, 4.69) is 0 Å². The van der Waals surface area contributed by atoms with Gasteiger partial charge in [-0.25, -0.2) is 13.6 Å². The number of primary sulfonamides is 1. The third-order valence-electron chi connectivity index (χ3n) is 3.08. The molecule has 0 bridgehead atoms. The van der Waals surface area contributed by atoms with Gasteiger partial charge in [-0.3, -0.25) is 4.79 Å². The summed E-state index contributed by atoms with van der Waals surface area (Å²) in [6, 6.07) is 4.30. The lowest BCUT2D eigenvalue weighted by Gasteiger charge is -2.34. The molecule has 2 rings (SSSR count). The maximum atomic E-state index is 12.3. The van der Waals surface area contributed by atoms with Crippen LogP contribution in [0.2, 0.25) is 0 Å². The van der Waals surface area contributed by atoms with Crippen molar-refractivity contribution in [1.82, 2.24) is 0 Å². The van der Waals surface area contributed by atoms with Crippen molar-refractivity contribution >= 4 is 21.6 Å². The number of nitrogens with two attached hydrogens (primary N) is 1. The van der Waals surface area contributed by atoms with Crippen LogP contribution in [-0.4, -0.2) is 27.0 Å². The SMILES string of the molecule is CC1CN(C(=O)C(C)C)c2cc(S(N)(=O)=O)ccc2O1. The van der Waals surface area contributed by atoms with Gasteiger partial charge < -0.3 is 9.64 Å². The van der Waals surface area contributed by atoms with Crippen LogP contribution in [0, 0.1) is 5.92 Å². The van der Waals surface area contributed by atoms with E-state index in [9.17, 15) is 13.2 Å². The van der Waals surface area contributed by atoms with Crippen LogP contribution < -0.4 is 14.8 Å². The van der Waals surface area contributed by atoms with Gasteiger partial charge >= 0.3 is 0 Å². The molecule has 0 saturated heterocycles. The van der Waals surface area contributed by atoms with Crippen molar-refractivity contribution in [2.45, 2.75) is 31.8 Å². The molecule has 0 saturated carbocycles. The third-order valence-corrected chi connectivity index (χ3v) is 3.99. The average Bonchev–Trinajstić information content (AvgIpc) is 2.34. The molecule has 0 aromatic heterocycles. The average molecular weight is 298 g/mol. The molecular weight excluding hydrogens is 280 g/mol. The lowest BCUT2D eigenvalue weighted by Crippen LogP contribution is -2.44. The number of ether oxygens (including phenoxy) is 1. The van der Waals surface area contributed by atoms with Crippen LogP contribution in [0.1, 0.15) is 20.8 Å². The number of carbonyl (C=O) groups excluding carboxylic acids is 1. The van der Waals surface area contributed by atoms with Crippen LogP contribution in [0.15, 0.2) is 23.1 Å². The van der Waals surface area contributed by atoms with Gasteiger partial charge in [0, 0.05) is 5.92 Å². The zero-order chi connectivity index (χ0) is 15.1. The van der Waals surface area contributed by atoms with Crippen molar-refractivity contribution in [2.24, 2.45) is 11.1 Å². The monoisotopic (exact) mass is 298 g/mol. The van der Waals surface area contributed by atoms with Crippen molar-refractivity contribution in [2.75, 3.05) is 11.4 Å². The van der Waals surface area contributed by atoms with Crippen molar-refractivity contribution in [3.05, 3.63) is 18.2 Å². The van der Waals surface area contributed by atoms with E-state index in [0.717, 1.165) is 0 Å². The molecule has 0 fully saturated rings. The van der Waals surface area contributed by atoms with Crippen molar-refractivity contribution in [3.8, 4) is 5.75 Å². The summed E-state index contributed by atoms with van der Waals surface area (Å²) in [5.41, 5.74) is 0.452. The Hall–Kier alpha value is -1.60. The zero-order valence-electron chi connectivity index (χ0n) is 11.7. The first kappa shape index (κ1) is 14.8. The van der Waals surface area contributed by atoms with Gasteiger partial charge in [0.15, 0.2) is 0 Å². The molecule has 6 nitrogen and oxygen atoms in total. The highest BCUT2D eigenvalue weighted by Gasteiger charge is 2.30. The molecule has 1 aromatic rings. The Morgan fingerprint density at radius 2 is 2.10 bits per heavy atom. The van der Waals surface area contributed by atoms with E-state index in [1.165, 1.54) is 18.2 Å². The van der Waals surface area contributed by atoms with Crippen LogP contribution in [-0.2, 0) is 14.8 Å². The summed E-state index contributed by atoms with van der Waals surface area (Å²) in [6.07, 6.45) is -0.148. The van der Waals surface area contributed by atoms with Crippen LogP contribution in [0.5, 0.6) is 5.75 Å². The molecule has 2 N–H and O–H groups in total. The largest absolute Gasteiger partial charge is 0.487 e. The van der Waals surface area contributed by atoms with Crippen molar-refractivity contribution < 1.29 is 17.9 Å². The summed E-state index contributed by atoms with van der Waals surface area (Å²) in [7, 11) is -3.81. The minimum absolute atomic E-state index is 0.0315. The highest BCUT2D eigenvalue weighted by atomic mass is 32.2. The summed E-state index contributed by atoms with van der Waals surface area (Å²) in [5.74, 6) is 0.226. The van der Waals surface area contributed by atoms with E-state index in [1.54, 1.807) is 18.7 Å². The smallest absolute Gasteiger partial charge is 0.238 e. The molecular formula is C13H18N2O4S. The molecule has 1 aliphatic rings. The molecule has 1 aromatic carbocycles. The first-order valence-electron chi connectivity index (χ1n) is 6.35. The molecule has 0 radical (unpaired) electrons. The van der Waals surface area contributed by atoms with Gasteiger partial charge in [-0.1, -0.05) is 13.8 Å². The summed E-state index contributed by atoms with van der Waals surface area (Å²) in [4.78, 5) is 13.8. The molecule has 110 valence electrons. The normalized spacial score (nSPS) is 18.6. The predicted molar refractivity (Wildman–Crippen MR) is 75.1 cm³/mol. The summed E-state index contributed by atoms with van der Waals surface area (Å²) in [5, 5.41) is 5.13. The fourth-order valence-corrected chi connectivity index (χ4v) is 2.65. The van der Waals surface area contributed by atoms with E-state index in [4.69, 9.17) is 9.88 Å². The standard InChI is InChI=1S/C13H18N2O4S/c1-8(2)13(16)15-7-9(3)19-12-5-4-10(6-11(12)15)20(14,17)18/h4-6,8-9H,7H2,1-3H3,(H2,14,17,18). The summed E-state index contributed by atoms with van der Waals surface area (Å²) in [6.45, 7) is 5.84. The van der Waals surface area contributed by atoms with E-state index in [0.29, 0.717) is 18.0 Å². The quantitative estimate of drug-likeness (QED) is 0.885. The molecule has 0 aliphatic carbocycles. The molecule has 7 heteroatoms. The molecule has 1 heterocycles. The van der Waals surface area contributed by atoms with Crippen LogP contribution >= 0.6 is 0 Å². The van der Waals surface area contributed by atoms with Gasteiger partial charge in [-0.05, 0) is 25.1 Å². The third kappa shape index (κ3) is 2.78. The first-order chi connectivity index (χ1) is 9.20. The first-order valence-corrected chi connectivity index (χ1v) is 7.89. The Bertz CT molecular complexity index is 640. The van der Waals surface area contributed by atoms with Gasteiger partial charge in [-0.15, -0.1) is 0 Å². The Labute approximate surface area is 118 Å². The highest BCUT2D eigenvalue weighted by molar-refractivity contribution is 7.89. The Balaban J connectivity index is 2.53. The molecule has 1 atom stereocenters. The molecule has 1 unspecified atom stereocenters. The maximum Gasteiger partial charge on any atom is 0.238 e. The lowest BCUT2D eigenvalue weighted by molar-refractivity contribution is -0.121. The Morgan fingerprint density at radius 1 is 1.45 bits per heavy atom. The summed E-state index contributed by atoms with van der Waals surface area (Å²) >= 11 is 0. The van der Waals surface area contributed by atoms with E-state index in [-0.39, 0.29) is 22.8 Å². The van der Waals surface area contributed by atoms with Gasteiger partial charge in [0.2, 0.25) is 15.9 Å². The number of hydrogen-bond acceptors (Lipinski definition) is 4. The second-order valence-electron chi connectivity index (χ2n) is 5.21. The van der Waals surface area contributed by atoms with E-state index >= 15 is 0 Å². The van der Waals surface area contributed by atoms with Crippen LogP contribution in [0.4, 0.5) is 5.69 Å². The summed E-state index contributed by atoms with van der Waals surface area (Å²) < 4.78 is 28.5. The van der Waals surface area contributed by atoms with Crippen LogP contribution in [0.25, 0.3) is 0 Å². The maximum absolute atomic E-state index is 12.3. The van der Waals surface area contributed by atoms with Gasteiger partial charge in [0.05, 0.1) is 17.1 Å².